The Morgan fingerprint density at radius 2 is 1.47 bits per heavy atom. The predicted molar refractivity (Wildman–Crippen MR) is 135 cm³/mol. The van der Waals surface area contributed by atoms with Crippen molar-refractivity contribution in [3.05, 3.63) is 59.9 Å². The minimum absolute atomic E-state index is 0.0228. The van der Waals surface area contributed by atoms with Gasteiger partial charge < -0.3 is 28.8 Å². The molecular formula is C28H35FO9. The zero-order valence-electron chi connectivity index (χ0n) is 21.9. The zero-order chi connectivity index (χ0) is 28.0. The van der Waals surface area contributed by atoms with Gasteiger partial charge in [-0.3, -0.25) is 0 Å². The number of unbranched alkanes of at least 4 members (excludes halogenated alkanes) is 2. The van der Waals surface area contributed by atoms with Crippen LogP contribution in [0.2, 0.25) is 0 Å². The fourth-order valence-corrected chi connectivity index (χ4v) is 3.56. The molecule has 0 bridgehead atoms. The van der Waals surface area contributed by atoms with Crippen molar-refractivity contribution in [3.63, 3.8) is 0 Å². The number of halogens is 1. The van der Waals surface area contributed by atoms with Crippen molar-refractivity contribution in [2.24, 2.45) is 0 Å². The van der Waals surface area contributed by atoms with Gasteiger partial charge in [-0.2, -0.15) is 0 Å². The second-order valence-electron chi connectivity index (χ2n) is 8.22. The van der Waals surface area contributed by atoms with Crippen molar-refractivity contribution in [1.29, 1.82) is 0 Å². The van der Waals surface area contributed by atoms with Gasteiger partial charge in [0.25, 0.3) is 5.60 Å². The Morgan fingerprint density at radius 3 is 2.05 bits per heavy atom. The smallest absolute Gasteiger partial charge is 0.353 e. The van der Waals surface area contributed by atoms with E-state index in [9.17, 15) is 23.9 Å². The third-order valence-corrected chi connectivity index (χ3v) is 5.40. The van der Waals surface area contributed by atoms with Crippen LogP contribution in [0, 0.1) is 5.82 Å². The minimum Gasteiger partial charge on any atom is -0.464 e. The molecule has 0 aliphatic carbocycles. The first-order valence-corrected chi connectivity index (χ1v) is 12.6. The van der Waals surface area contributed by atoms with Gasteiger partial charge in [0, 0.05) is 12.7 Å². The number of carbonyl (C=O) groups excluding carboxylic acids is 3. The van der Waals surface area contributed by atoms with E-state index in [1.807, 2.05) is 12.1 Å². The van der Waals surface area contributed by atoms with Gasteiger partial charge in [0.1, 0.15) is 17.3 Å². The number of esters is 3. The highest BCUT2D eigenvalue weighted by molar-refractivity contribution is 6.08. The molecule has 9 nitrogen and oxygen atoms in total. The van der Waals surface area contributed by atoms with Crippen molar-refractivity contribution in [2.45, 2.75) is 58.2 Å². The van der Waals surface area contributed by atoms with E-state index >= 15 is 0 Å². The molecule has 208 valence electrons. The van der Waals surface area contributed by atoms with Crippen LogP contribution in [-0.2, 0) is 39.8 Å². The second-order valence-corrected chi connectivity index (χ2v) is 8.22. The van der Waals surface area contributed by atoms with Crippen molar-refractivity contribution in [1.82, 2.24) is 0 Å². The summed E-state index contributed by atoms with van der Waals surface area (Å²) in [5, 5.41) is 10.9. The minimum atomic E-state index is -2.99. The van der Waals surface area contributed by atoms with E-state index in [0.717, 1.165) is 18.4 Å². The SMILES string of the molecule is CCOC(=O)C(OCCCCCc1ccc(Oc2cccc(F)c2)cc1)C(O)(C(=O)OCC)C(=O)OCC. The summed E-state index contributed by atoms with van der Waals surface area (Å²) < 4.78 is 39.0. The normalized spacial score (nSPS) is 11.9. The van der Waals surface area contributed by atoms with Crippen LogP contribution in [0.3, 0.4) is 0 Å². The summed E-state index contributed by atoms with van der Waals surface area (Å²) >= 11 is 0. The summed E-state index contributed by atoms with van der Waals surface area (Å²) in [5.74, 6) is -3.13. The van der Waals surface area contributed by atoms with Crippen molar-refractivity contribution in [2.75, 3.05) is 26.4 Å². The Bertz CT molecular complexity index is 1020. The molecular weight excluding hydrogens is 499 g/mol. The average molecular weight is 535 g/mol. The number of hydrogen-bond acceptors (Lipinski definition) is 9. The Kier molecular flexibility index (Phi) is 12.7. The number of rotatable bonds is 16. The molecule has 0 saturated heterocycles. The highest BCUT2D eigenvalue weighted by Crippen LogP contribution is 2.24. The number of aliphatic hydroxyl groups is 1. The predicted octanol–water partition coefficient (Wildman–Crippen LogP) is 4.14. The highest BCUT2D eigenvalue weighted by Gasteiger charge is 2.58. The average Bonchev–Trinajstić information content (AvgIpc) is 2.89. The molecule has 0 aromatic heterocycles. The fraction of sp³-hybridized carbons (Fsp3) is 0.464. The highest BCUT2D eigenvalue weighted by atomic mass is 19.1. The van der Waals surface area contributed by atoms with E-state index in [0.29, 0.717) is 24.3 Å². The lowest BCUT2D eigenvalue weighted by atomic mass is 9.96. The van der Waals surface area contributed by atoms with E-state index in [1.165, 1.54) is 26.0 Å². The van der Waals surface area contributed by atoms with Gasteiger partial charge in [-0.1, -0.05) is 24.6 Å². The van der Waals surface area contributed by atoms with Crippen LogP contribution < -0.4 is 4.74 Å². The first-order valence-electron chi connectivity index (χ1n) is 12.6. The molecule has 1 atom stereocenters. The Morgan fingerprint density at radius 1 is 0.842 bits per heavy atom. The maximum atomic E-state index is 13.3. The zero-order valence-corrected chi connectivity index (χ0v) is 21.9. The van der Waals surface area contributed by atoms with Gasteiger partial charge in [-0.05, 0) is 69.9 Å². The monoisotopic (exact) mass is 534 g/mol. The molecule has 2 aromatic carbocycles. The van der Waals surface area contributed by atoms with Gasteiger partial charge in [-0.25, -0.2) is 18.8 Å². The van der Waals surface area contributed by atoms with E-state index in [2.05, 4.69) is 0 Å². The topological polar surface area (TPSA) is 118 Å². The Labute approximate surface area is 221 Å². The summed E-state index contributed by atoms with van der Waals surface area (Å²) in [6.45, 7) is 4.20. The summed E-state index contributed by atoms with van der Waals surface area (Å²) in [4.78, 5) is 37.5. The number of carbonyl (C=O) groups is 3. The van der Waals surface area contributed by atoms with Crippen LogP contribution in [0.1, 0.15) is 45.6 Å². The quantitative estimate of drug-likeness (QED) is 0.147. The Balaban J connectivity index is 1.90. The largest absolute Gasteiger partial charge is 0.464 e. The lowest BCUT2D eigenvalue weighted by Gasteiger charge is -2.30. The third-order valence-electron chi connectivity index (χ3n) is 5.40. The van der Waals surface area contributed by atoms with E-state index < -0.39 is 29.6 Å². The van der Waals surface area contributed by atoms with Gasteiger partial charge >= 0.3 is 17.9 Å². The molecule has 0 aliphatic heterocycles. The van der Waals surface area contributed by atoms with Gasteiger partial charge in [0.15, 0.2) is 0 Å². The molecule has 0 spiro atoms. The summed E-state index contributed by atoms with van der Waals surface area (Å²) in [6, 6.07) is 13.3. The van der Waals surface area contributed by atoms with Crippen LogP contribution in [-0.4, -0.2) is 61.1 Å². The molecule has 0 radical (unpaired) electrons. The lowest BCUT2D eigenvalue weighted by molar-refractivity contribution is -0.208. The van der Waals surface area contributed by atoms with E-state index in [1.54, 1.807) is 31.2 Å². The molecule has 2 rings (SSSR count). The molecule has 1 N–H and O–H groups in total. The van der Waals surface area contributed by atoms with Crippen LogP contribution >= 0.6 is 0 Å². The molecule has 38 heavy (non-hydrogen) atoms. The summed E-state index contributed by atoms with van der Waals surface area (Å²) in [7, 11) is 0. The van der Waals surface area contributed by atoms with Crippen LogP contribution in [0.15, 0.2) is 48.5 Å². The summed E-state index contributed by atoms with van der Waals surface area (Å²) in [6.07, 6.45) is 0.799. The van der Waals surface area contributed by atoms with Gasteiger partial charge in [0.2, 0.25) is 6.10 Å². The molecule has 2 aromatic rings. The fourth-order valence-electron chi connectivity index (χ4n) is 3.56. The van der Waals surface area contributed by atoms with Gasteiger partial charge in [0.05, 0.1) is 19.8 Å². The maximum absolute atomic E-state index is 13.3. The lowest BCUT2D eigenvalue weighted by Crippen LogP contribution is -2.61. The molecule has 10 heteroatoms. The number of ether oxygens (including phenoxy) is 5. The molecule has 0 fully saturated rings. The van der Waals surface area contributed by atoms with Crippen molar-refractivity contribution >= 4 is 17.9 Å². The second kappa shape index (κ2) is 15.7. The first-order chi connectivity index (χ1) is 18.3. The standard InChI is InChI=1S/C28H35FO9/c1-4-34-25(30)24(28(33,26(31)35-5-2)27(32)36-6-3)37-18-9-7-8-11-20-14-16-22(17-15-20)38-23-13-10-12-21(29)19-23/h10,12-17,19,24,33H,4-9,11,18H2,1-3H3. The maximum Gasteiger partial charge on any atom is 0.353 e. The number of aryl methyl sites for hydroxylation is 1. The van der Waals surface area contributed by atoms with E-state index in [4.69, 9.17) is 23.7 Å². The van der Waals surface area contributed by atoms with Crippen LogP contribution in [0.4, 0.5) is 4.39 Å². The van der Waals surface area contributed by atoms with Crippen LogP contribution in [0.25, 0.3) is 0 Å². The van der Waals surface area contributed by atoms with Crippen molar-refractivity contribution < 1.29 is 47.6 Å². The Hall–Kier alpha value is -3.50. The van der Waals surface area contributed by atoms with Gasteiger partial charge in [-0.15, -0.1) is 0 Å². The van der Waals surface area contributed by atoms with E-state index in [-0.39, 0.29) is 32.2 Å². The number of hydrogen-bond donors (Lipinski definition) is 1. The molecule has 0 heterocycles. The third kappa shape index (κ3) is 8.81. The van der Waals surface area contributed by atoms with Crippen LogP contribution in [0.5, 0.6) is 11.5 Å². The van der Waals surface area contributed by atoms with Crippen molar-refractivity contribution in [3.8, 4) is 11.5 Å². The molecule has 1 unspecified atom stereocenters. The molecule has 0 aliphatic rings. The first kappa shape index (κ1) is 30.7. The summed E-state index contributed by atoms with van der Waals surface area (Å²) in [5.41, 5.74) is -1.92. The number of benzene rings is 2. The molecule has 0 amide bonds. The molecule has 0 saturated carbocycles.